The summed E-state index contributed by atoms with van der Waals surface area (Å²) in [6, 6.07) is 21.6. The highest BCUT2D eigenvalue weighted by molar-refractivity contribution is 5.74. The Balaban J connectivity index is 2.12. The molecule has 0 N–H and O–H groups in total. The molecule has 0 radical (unpaired) electrons. The maximum absolute atomic E-state index is 4.64. The van der Waals surface area contributed by atoms with Gasteiger partial charge < -0.3 is 0 Å². The summed E-state index contributed by atoms with van der Waals surface area (Å²) in [6.45, 7) is 6.65. The number of benzene rings is 2. The van der Waals surface area contributed by atoms with Crippen molar-refractivity contribution in [1.82, 2.24) is 4.98 Å². The largest absolute Gasteiger partial charge is 0.256 e. The molecule has 3 aromatic rings. The van der Waals surface area contributed by atoms with Crippen LogP contribution in [-0.4, -0.2) is 4.98 Å². The number of nitrogens with zero attached hydrogens (tertiary/aromatic N) is 1. The molecule has 116 valence electrons. The average molecular weight is 301 g/mol. The minimum Gasteiger partial charge on any atom is -0.256 e. The van der Waals surface area contributed by atoms with Gasteiger partial charge >= 0.3 is 0 Å². The quantitative estimate of drug-likeness (QED) is 0.567. The van der Waals surface area contributed by atoms with Crippen LogP contribution in [0.15, 0.2) is 66.9 Å². The van der Waals surface area contributed by atoms with Crippen molar-refractivity contribution in [2.45, 2.75) is 33.1 Å². The van der Waals surface area contributed by atoms with Crippen LogP contribution in [-0.2, 0) is 6.42 Å². The SMILES string of the molecule is CCc1ccc(-c2ccccc2)cc1-c1cc(C(C)C)ccn1. The molecule has 0 aliphatic rings. The van der Waals surface area contributed by atoms with E-state index in [1.54, 1.807) is 0 Å². The standard InChI is InChI=1S/C22H23N/c1-4-17-10-11-20(18-8-6-5-7-9-18)14-21(17)22-15-19(16(2)3)12-13-23-22/h5-16H,4H2,1-3H3. The summed E-state index contributed by atoms with van der Waals surface area (Å²) in [5, 5.41) is 0. The lowest BCUT2D eigenvalue weighted by Crippen LogP contribution is -1.94. The van der Waals surface area contributed by atoms with E-state index >= 15 is 0 Å². The first-order chi connectivity index (χ1) is 11.2. The van der Waals surface area contributed by atoms with Crippen LogP contribution in [0.1, 0.15) is 37.8 Å². The van der Waals surface area contributed by atoms with E-state index in [2.05, 4.69) is 86.4 Å². The van der Waals surface area contributed by atoms with Gasteiger partial charge in [-0.05, 0) is 52.8 Å². The van der Waals surface area contributed by atoms with E-state index in [0.29, 0.717) is 5.92 Å². The number of pyridine rings is 1. The Kier molecular flexibility index (Phi) is 4.57. The van der Waals surface area contributed by atoms with Crippen molar-refractivity contribution < 1.29 is 0 Å². The molecule has 0 spiro atoms. The number of rotatable bonds is 4. The molecule has 0 saturated carbocycles. The van der Waals surface area contributed by atoms with E-state index in [4.69, 9.17) is 0 Å². The smallest absolute Gasteiger partial charge is 0.0707 e. The van der Waals surface area contributed by atoms with E-state index in [9.17, 15) is 0 Å². The van der Waals surface area contributed by atoms with E-state index in [1.807, 2.05) is 6.20 Å². The molecule has 3 rings (SSSR count). The Morgan fingerprint density at radius 1 is 0.870 bits per heavy atom. The zero-order valence-corrected chi connectivity index (χ0v) is 14.1. The summed E-state index contributed by atoms with van der Waals surface area (Å²) in [6.07, 6.45) is 2.94. The van der Waals surface area contributed by atoms with Gasteiger partial charge in [0, 0.05) is 11.8 Å². The molecule has 23 heavy (non-hydrogen) atoms. The first-order valence-electron chi connectivity index (χ1n) is 8.33. The van der Waals surface area contributed by atoms with Crippen molar-refractivity contribution in [2.75, 3.05) is 0 Å². The lowest BCUT2D eigenvalue weighted by molar-refractivity contribution is 0.863. The fraction of sp³-hybridized carbons (Fsp3) is 0.227. The molecular formula is C22H23N. The molecule has 0 unspecified atom stereocenters. The molecule has 2 aromatic carbocycles. The number of hydrogen-bond donors (Lipinski definition) is 0. The van der Waals surface area contributed by atoms with Gasteiger partial charge in [-0.1, -0.05) is 63.2 Å². The highest BCUT2D eigenvalue weighted by Crippen LogP contribution is 2.30. The molecule has 1 aromatic heterocycles. The minimum atomic E-state index is 0.513. The first kappa shape index (κ1) is 15.5. The van der Waals surface area contributed by atoms with Gasteiger partial charge in [-0.2, -0.15) is 0 Å². The van der Waals surface area contributed by atoms with Crippen molar-refractivity contribution in [3.63, 3.8) is 0 Å². The topological polar surface area (TPSA) is 12.9 Å². The fourth-order valence-corrected chi connectivity index (χ4v) is 2.89. The van der Waals surface area contributed by atoms with E-state index < -0.39 is 0 Å². The van der Waals surface area contributed by atoms with Crippen LogP contribution in [0.5, 0.6) is 0 Å². The van der Waals surface area contributed by atoms with Crippen molar-refractivity contribution in [3.8, 4) is 22.4 Å². The highest BCUT2D eigenvalue weighted by atomic mass is 14.7. The van der Waals surface area contributed by atoms with Gasteiger partial charge in [0.1, 0.15) is 0 Å². The predicted octanol–water partition coefficient (Wildman–Crippen LogP) is 6.10. The summed E-state index contributed by atoms with van der Waals surface area (Å²) >= 11 is 0. The Morgan fingerprint density at radius 3 is 2.35 bits per heavy atom. The van der Waals surface area contributed by atoms with Crippen molar-refractivity contribution in [3.05, 3.63) is 78.0 Å². The second-order valence-corrected chi connectivity index (χ2v) is 6.22. The molecule has 0 fully saturated rings. The Labute approximate surface area is 139 Å². The van der Waals surface area contributed by atoms with Gasteiger partial charge in [0.05, 0.1) is 5.69 Å². The zero-order chi connectivity index (χ0) is 16.2. The van der Waals surface area contributed by atoms with E-state index in [0.717, 1.165) is 12.1 Å². The van der Waals surface area contributed by atoms with E-state index in [-0.39, 0.29) is 0 Å². The number of aromatic nitrogens is 1. The monoisotopic (exact) mass is 301 g/mol. The molecule has 0 aliphatic carbocycles. The van der Waals surface area contributed by atoms with Gasteiger partial charge in [-0.15, -0.1) is 0 Å². The third-order valence-electron chi connectivity index (χ3n) is 4.32. The van der Waals surface area contributed by atoms with Gasteiger partial charge in [-0.25, -0.2) is 0 Å². The summed E-state index contributed by atoms with van der Waals surface area (Å²) in [5.74, 6) is 0.513. The normalized spacial score (nSPS) is 11.0. The molecule has 0 amide bonds. The van der Waals surface area contributed by atoms with Crippen LogP contribution in [0.3, 0.4) is 0 Å². The van der Waals surface area contributed by atoms with Crippen LogP contribution in [0.4, 0.5) is 0 Å². The zero-order valence-electron chi connectivity index (χ0n) is 14.1. The summed E-state index contributed by atoms with van der Waals surface area (Å²) in [5.41, 5.74) is 7.49. The molecule has 0 aliphatic heterocycles. The van der Waals surface area contributed by atoms with Crippen LogP contribution in [0.25, 0.3) is 22.4 Å². The molecule has 0 bridgehead atoms. The third kappa shape index (κ3) is 3.34. The molecular weight excluding hydrogens is 278 g/mol. The Hall–Kier alpha value is -2.41. The van der Waals surface area contributed by atoms with Crippen molar-refractivity contribution >= 4 is 0 Å². The molecule has 1 nitrogen and oxygen atoms in total. The summed E-state index contributed by atoms with van der Waals surface area (Å²) < 4.78 is 0. The second-order valence-electron chi connectivity index (χ2n) is 6.22. The first-order valence-corrected chi connectivity index (χ1v) is 8.33. The van der Waals surface area contributed by atoms with Gasteiger partial charge in [0.25, 0.3) is 0 Å². The lowest BCUT2D eigenvalue weighted by atomic mass is 9.94. The van der Waals surface area contributed by atoms with Crippen LogP contribution < -0.4 is 0 Å². The highest BCUT2D eigenvalue weighted by Gasteiger charge is 2.09. The van der Waals surface area contributed by atoms with Gasteiger partial charge in [0.15, 0.2) is 0 Å². The average Bonchev–Trinajstić information content (AvgIpc) is 2.62. The maximum atomic E-state index is 4.64. The van der Waals surface area contributed by atoms with Gasteiger partial charge in [-0.3, -0.25) is 4.98 Å². The Bertz CT molecular complexity index is 788. The number of hydrogen-bond acceptors (Lipinski definition) is 1. The fourth-order valence-electron chi connectivity index (χ4n) is 2.89. The maximum Gasteiger partial charge on any atom is 0.0707 e. The van der Waals surface area contributed by atoms with Crippen molar-refractivity contribution in [2.24, 2.45) is 0 Å². The van der Waals surface area contributed by atoms with Crippen LogP contribution in [0, 0.1) is 0 Å². The minimum absolute atomic E-state index is 0.513. The van der Waals surface area contributed by atoms with Crippen LogP contribution >= 0.6 is 0 Å². The predicted molar refractivity (Wildman–Crippen MR) is 98.6 cm³/mol. The molecule has 0 atom stereocenters. The molecule has 0 saturated heterocycles. The Morgan fingerprint density at radius 2 is 1.65 bits per heavy atom. The third-order valence-corrected chi connectivity index (χ3v) is 4.32. The summed E-state index contributed by atoms with van der Waals surface area (Å²) in [7, 11) is 0. The van der Waals surface area contributed by atoms with Crippen molar-refractivity contribution in [1.29, 1.82) is 0 Å². The number of aryl methyl sites for hydroxylation is 1. The molecule has 1 heterocycles. The van der Waals surface area contributed by atoms with E-state index in [1.165, 1.54) is 27.8 Å². The van der Waals surface area contributed by atoms with Crippen LogP contribution in [0.2, 0.25) is 0 Å². The molecule has 1 heteroatoms. The lowest BCUT2D eigenvalue weighted by Gasteiger charge is -2.13. The van der Waals surface area contributed by atoms with Gasteiger partial charge in [0.2, 0.25) is 0 Å². The second kappa shape index (κ2) is 6.78. The summed E-state index contributed by atoms with van der Waals surface area (Å²) in [4.78, 5) is 4.64.